The molecule has 2 aliphatic rings. The van der Waals surface area contributed by atoms with Gasteiger partial charge < -0.3 is 9.64 Å². The highest BCUT2D eigenvalue weighted by Gasteiger charge is 2.42. The molecule has 3 rings (SSSR count). The van der Waals surface area contributed by atoms with Gasteiger partial charge in [0, 0.05) is 6.54 Å². The molecule has 0 spiro atoms. The van der Waals surface area contributed by atoms with Crippen LogP contribution in [0.1, 0.15) is 44.1 Å². The zero-order valence-electron chi connectivity index (χ0n) is 17.1. The maximum atomic E-state index is 13.1. The number of piperidine rings is 1. The van der Waals surface area contributed by atoms with E-state index < -0.39 is 16.2 Å². The van der Waals surface area contributed by atoms with Crippen molar-refractivity contribution in [3.8, 4) is 0 Å². The highest BCUT2D eigenvalue weighted by atomic mass is 32.2. The molecule has 1 aliphatic heterocycles. The number of likely N-dealkylation sites (tertiary alicyclic amines) is 1. The van der Waals surface area contributed by atoms with Crippen LogP contribution in [0.5, 0.6) is 0 Å². The van der Waals surface area contributed by atoms with Crippen LogP contribution in [0.3, 0.4) is 0 Å². The average Bonchev–Trinajstić information content (AvgIpc) is 3.04. The summed E-state index contributed by atoms with van der Waals surface area (Å²) in [5.74, 6) is -0.390. The second-order valence-corrected chi connectivity index (χ2v) is 9.74. The first-order chi connectivity index (χ1) is 13.7. The molecule has 162 valence electrons. The van der Waals surface area contributed by atoms with E-state index in [1.807, 2.05) is 12.1 Å². The van der Waals surface area contributed by atoms with Crippen LogP contribution in [0.15, 0.2) is 24.3 Å². The van der Waals surface area contributed by atoms with Crippen molar-refractivity contribution in [3.63, 3.8) is 0 Å². The molecule has 1 aromatic carbocycles. The quantitative estimate of drug-likeness (QED) is 0.492. The molecule has 2 fully saturated rings. The Bertz CT molecular complexity index is 790. The van der Waals surface area contributed by atoms with E-state index >= 15 is 0 Å². The fourth-order valence-electron chi connectivity index (χ4n) is 4.65. The largest absolute Gasteiger partial charge is 0.466 e. The van der Waals surface area contributed by atoms with Crippen LogP contribution < -0.4 is 0 Å². The lowest BCUT2D eigenvalue weighted by atomic mass is 9.88. The second kappa shape index (κ2) is 9.53. The molecule has 3 atom stereocenters. The Labute approximate surface area is 172 Å². The van der Waals surface area contributed by atoms with Gasteiger partial charge in [0.05, 0.1) is 24.9 Å². The molecule has 0 unspecified atom stereocenters. The maximum absolute atomic E-state index is 13.1. The first-order valence-electron chi connectivity index (χ1n) is 10.3. The number of rotatable bonds is 7. The first kappa shape index (κ1) is 22.2. The van der Waals surface area contributed by atoms with Gasteiger partial charge in [-0.1, -0.05) is 12.1 Å². The summed E-state index contributed by atoms with van der Waals surface area (Å²) >= 11 is 0. The van der Waals surface area contributed by atoms with Crippen molar-refractivity contribution >= 4 is 16.1 Å². The Kier molecular flexibility index (Phi) is 7.29. The summed E-state index contributed by atoms with van der Waals surface area (Å²) in [6, 6.07) is 6.73. The van der Waals surface area contributed by atoms with Gasteiger partial charge in [0.1, 0.15) is 5.82 Å². The van der Waals surface area contributed by atoms with Crippen LogP contribution in [0.2, 0.25) is 0 Å². The third-order valence-electron chi connectivity index (χ3n) is 5.97. The monoisotopic (exact) mass is 427 g/mol. The summed E-state index contributed by atoms with van der Waals surface area (Å²) in [4.78, 5) is 14.7. The predicted molar refractivity (Wildman–Crippen MR) is 107 cm³/mol. The first-order valence-corrected chi connectivity index (χ1v) is 12.1. The van der Waals surface area contributed by atoms with Crippen molar-refractivity contribution in [2.24, 2.45) is 11.8 Å². The zero-order chi connectivity index (χ0) is 21.0. The fourth-order valence-corrected chi connectivity index (χ4v) is 5.31. The van der Waals surface area contributed by atoms with Crippen LogP contribution in [-0.4, -0.2) is 57.9 Å². The summed E-state index contributed by atoms with van der Waals surface area (Å²) in [6.45, 7) is 4.59. The number of hydrogen-bond donors (Lipinski definition) is 0. The number of esters is 1. The number of carbonyl (C=O) groups is 1. The van der Waals surface area contributed by atoms with E-state index in [4.69, 9.17) is 8.92 Å². The van der Waals surface area contributed by atoms with Gasteiger partial charge in [-0.3, -0.25) is 8.98 Å². The van der Waals surface area contributed by atoms with E-state index in [1.165, 1.54) is 12.1 Å². The van der Waals surface area contributed by atoms with E-state index in [0.29, 0.717) is 25.4 Å². The highest BCUT2D eigenvalue weighted by Crippen LogP contribution is 2.37. The minimum absolute atomic E-state index is 0.0168. The summed E-state index contributed by atoms with van der Waals surface area (Å²) in [7, 11) is -3.56. The van der Waals surface area contributed by atoms with Gasteiger partial charge >= 0.3 is 5.97 Å². The lowest BCUT2D eigenvalue weighted by Gasteiger charge is -2.34. The molecule has 6 nitrogen and oxygen atoms in total. The van der Waals surface area contributed by atoms with Crippen LogP contribution >= 0.6 is 0 Å². The third-order valence-corrected chi connectivity index (χ3v) is 6.60. The molecule has 0 N–H and O–H groups in total. The van der Waals surface area contributed by atoms with Crippen LogP contribution in [0.4, 0.5) is 4.39 Å². The number of ether oxygens (including phenoxy) is 1. The molecule has 1 saturated heterocycles. The van der Waals surface area contributed by atoms with Crippen molar-refractivity contribution in [2.75, 3.05) is 32.5 Å². The van der Waals surface area contributed by atoms with E-state index in [9.17, 15) is 17.6 Å². The van der Waals surface area contributed by atoms with Gasteiger partial charge in [-0.15, -0.1) is 0 Å². The van der Waals surface area contributed by atoms with Gasteiger partial charge in [-0.25, -0.2) is 4.39 Å². The normalized spacial score (nSPS) is 26.5. The van der Waals surface area contributed by atoms with Crippen molar-refractivity contribution in [2.45, 2.75) is 44.6 Å². The predicted octanol–water partition coefficient (Wildman–Crippen LogP) is 2.94. The minimum Gasteiger partial charge on any atom is -0.466 e. The molecule has 1 aromatic rings. The molecule has 0 amide bonds. The summed E-state index contributed by atoms with van der Waals surface area (Å²) in [5.41, 5.74) is 1.16. The van der Waals surface area contributed by atoms with E-state index in [-0.39, 0.29) is 23.6 Å². The van der Waals surface area contributed by atoms with Gasteiger partial charge in [0.15, 0.2) is 0 Å². The Morgan fingerprint density at radius 1 is 1.17 bits per heavy atom. The van der Waals surface area contributed by atoms with E-state index in [0.717, 1.165) is 44.3 Å². The second-order valence-electron chi connectivity index (χ2n) is 8.14. The van der Waals surface area contributed by atoms with Gasteiger partial charge in [-0.2, -0.15) is 8.42 Å². The van der Waals surface area contributed by atoms with Crippen molar-refractivity contribution in [1.29, 1.82) is 0 Å². The van der Waals surface area contributed by atoms with Crippen LogP contribution in [0, 0.1) is 17.7 Å². The summed E-state index contributed by atoms with van der Waals surface area (Å²) in [6.07, 6.45) is 3.44. The Hall–Kier alpha value is -1.51. The summed E-state index contributed by atoms with van der Waals surface area (Å²) < 4.78 is 46.5. The molecule has 0 bridgehead atoms. The molecule has 1 heterocycles. The van der Waals surface area contributed by atoms with Gasteiger partial charge in [0.25, 0.3) is 10.1 Å². The zero-order valence-corrected chi connectivity index (χ0v) is 17.9. The van der Waals surface area contributed by atoms with Gasteiger partial charge in [-0.05, 0) is 75.2 Å². The number of benzene rings is 1. The maximum Gasteiger partial charge on any atom is 0.309 e. The molecule has 0 radical (unpaired) electrons. The number of hydrogen-bond acceptors (Lipinski definition) is 6. The fraction of sp³-hybridized carbons (Fsp3) is 0.667. The van der Waals surface area contributed by atoms with E-state index in [1.54, 1.807) is 6.92 Å². The Balaban J connectivity index is 1.58. The molecular weight excluding hydrogens is 397 g/mol. The number of carbonyl (C=O) groups excluding carboxylic acids is 1. The average molecular weight is 428 g/mol. The molecule has 1 saturated carbocycles. The SMILES string of the molecule is CCOC(=O)[C@@H]1C[C@@H](OS(C)(=O)=O)C[C@H]1CN1CCC(c2ccc(F)cc2)CC1. The van der Waals surface area contributed by atoms with Crippen LogP contribution in [0.25, 0.3) is 0 Å². The lowest BCUT2D eigenvalue weighted by Crippen LogP contribution is -2.38. The van der Waals surface area contributed by atoms with Crippen molar-refractivity contribution in [3.05, 3.63) is 35.6 Å². The third kappa shape index (κ3) is 6.23. The van der Waals surface area contributed by atoms with Crippen molar-refractivity contribution < 1.29 is 26.5 Å². The smallest absolute Gasteiger partial charge is 0.309 e. The number of halogens is 1. The Morgan fingerprint density at radius 2 is 1.83 bits per heavy atom. The topological polar surface area (TPSA) is 72.9 Å². The van der Waals surface area contributed by atoms with E-state index in [2.05, 4.69) is 4.90 Å². The molecule has 1 aliphatic carbocycles. The van der Waals surface area contributed by atoms with Crippen LogP contribution in [-0.2, 0) is 23.8 Å². The molecule has 8 heteroatoms. The highest BCUT2D eigenvalue weighted by molar-refractivity contribution is 7.86. The molecule has 29 heavy (non-hydrogen) atoms. The molecular formula is C21H30FNO5S. The van der Waals surface area contributed by atoms with Crippen molar-refractivity contribution in [1.82, 2.24) is 4.90 Å². The van der Waals surface area contributed by atoms with Gasteiger partial charge in [0.2, 0.25) is 0 Å². The summed E-state index contributed by atoms with van der Waals surface area (Å²) in [5, 5.41) is 0. The minimum atomic E-state index is -3.56. The standard InChI is InChI=1S/C21H30FNO5S/c1-3-27-21(24)20-13-19(28-29(2,25)26)12-17(20)14-23-10-8-16(9-11-23)15-4-6-18(22)7-5-15/h4-7,16-17,19-20H,3,8-14H2,1-2H3/t17-,19-,20+/m0/s1. The Morgan fingerprint density at radius 3 is 2.41 bits per heavy atom. The number of nitrogens with zero attached hydrogens (tertiary/aromatic N) is 1. The lowest BCUT2D eigenvalue weighted by molar-refractivity contribution is -0.149. The molecule has 0 aromatic heterocycles.